The number of hydrogen-bond donors (Lipinski definition) is 1. The Morgan fingerprint density at radius 3 is 2.67 bits per heavy atom. The Hall–Kier alpha value is -1.07. The van der Waals surface area contributed by atoms with Gasteiger partial charge in [-0.2, -0.15) is 8.42 Å². The molecule has 1 aromatic rings. The van der Waals surface area contributed by atoms with Gasteiger partial charge in [-0.1, -0.05) is 19.1 Å². The maximum Gasteiger partial charge on any atom is 0.265 e. The van der Waals surface area contributed by atoms with Crippen LogP contribution < -0.4 is 4.74 Å². The third-order valence-electron chi connectivity index (χ3n) is 2.12. The van der Waals surface area contributed by atoms with Crippen LogP contribution in [0.25, 0.3) is 0 Å². The molecule has 84 valence electrons. The van der Waals surface area contributed by atoms with E-state index in [0.717, 1.165) is 5.56 Å². The molecule has 1 aromatic carbocycles. The monoisotopic (exact) mass is 230 g/mol. The van der Waals surface area contributed by atoms with Crippen LogP contribution in [0.3, 0.4) is 0 Å². The molecular formula is C10H14O4S. The Bertz CT molecular complexity index is 425. The van der Waals surface area contributed by atoms with Gasteiger partial charge in [-0.3, -0.25) is 4.55 Å². The molecule has 0 bridgehead atoms. The van der Waals surface area contributed by atoms with Gasteiger partial charge in [0.25, 0.3) is 10.1 Å². The lowest BCUT2D eigenvalue weighted by molar-refractivity contribution is 0.414. The van der Waals surface area contributed by atoms with Crippen molar-refractivity contribution in [3.05, 3.63) is 29.8 Å². The summed E-state index contributed by atoms with van der Waals surface area (Å²) in [5, 5.41) is 0. The first kappa shape index (κ1) is 12.0. The van der Waals surface area contributed by atoms with Gasteiger partial charge in [0.05, 0.1) is 12.9 Å². The van der Waals surface area contributed by atoms with Crippen molar-refractivity contribution < 1.29 is 17.7 Å². The van der Waals surface area contributed by atoms with Crippen LogP contribution in [0, 0.1) is 0 Å². The highest BCUT2D eigenvalue weighted by Gasteiger charge is 2.14. The smallest absolute Gasteiger partial charge is 0.265 e. The van der Waals surface area contributed by atoms with E-state index in [1.54, 1.807) is 38.3 Å². The van der Waals surface area contributed by atoms with Gasteiger partial charge in [0.1, 0.15) is 5.75 Å². The second-order valence-electron chi connectivity index (χ2n) is 3.43. The van der Waals surface area contributed by atoms with Crippen molar-refractivity contribution in [1.82, 2.24) is 0 Å². The molecule has 1 atom stereocenters. The number of ether oxygens (including phenoxy) is 1. The van der Waals surface area contributed by atoms with Crippen LogP contribution in [0.2, 0.25) is 0 Å². The van der Waals surface area contributed by atoms with Crippen LogP contribution >= 0.6 is 0 Å². The van der Waals surface area contributed by atoms with E-state index in [1.165, 1.54) is 0 Å². The minimum atomic E-state index is -3.93. The van der Waals surface area contributed by atoms with Crippen molar-refractivity contribution in [2.24, 2.45) is 0 Å². The molecule has 0 heterocycles. The maximum atomic E-state index is 10.7. The Balaban J connectivity index is 2.86. The standard InChI is InChI=1S/C10H14O4S/c1-8(7-15(11,12)13)9-4-3-5-10(6-9)14-2/h3-6,8H,7H2,1-2H3,(H,11,12,13). The predicted molar refractivity (Wildman–Crippen MR) is 57.8 cm³/mol. The molecule has 0 saturated heterocycles. The zero-order valence-electron chi connectivity index (χ0n) is 8.67. The predicted octanol–water partition coefficient (Wildman–Crippen LogP) is 1.69. The van der Waals surface area contributed by atoms with E-state index in [0.29, 0.717) is 5.75 Å². The van der Waals surface area contributed by atoms with Crippen LogP contribution in [-0.4, -0.2) is 25.8 Å². The normalized spacial score (nSPS) is 13.5. The molecular weight excluding hydrogens is 216 g/mol. The van der Waals surface area contributed by atoms with Crippen molar-refractivity contribution >= 4 is 10.1 Å². The van der Waals surface area contributed by atoms with Crippen LogP contribution in [-0.2, 0) is 10.1 Å². The van der Waals surface area contributed by atoms with Crippen LogP contribution in [0.1, 0.15) is 18.4 Å². The fourth-order valence-electron chi connectivity index (χ4n) is 1.36. The number of methoxy groups -OCH3 is 1. The van der Waals surface area contributed by atoms with E-state index in [2.05, 4.69) is 0 Å². The summed E-state index contributed by atoms with van der Waals surface area (Å²) in [4.78, 5) is 0. The number of benzene rings is 1. The van der Waals surface area contributed by atoms with Gasteiger partial charge in [0.15, 0.2) is 0 Å². The summed E-state index contributed by atoms with van der Waals surface area (Å²) in [6.45, 7) is 1.74. The van der Waals surface area contributed by atoms with Gasteiger partial charge in [-0.15, -0.1) is 0 Å². The van der Waals surface area contributed by atoms with Crippen molar-refractivity contribution in [2.45, 2.75) is 12.8 Å². The molecule has 0 aliphatic heterocycles. The minimum Gasteiger partial charge on any atom is -0.497 e. The fraction of sp³-hybridized carbons (Fsp3) is 0.400. The lowest BCUT2D eigenvalue weighted by Gasteiger charge is -2.10. The van der Waals surface area contributed by atoms with Gasteiger partial charge in [0.2, 0.25) is 0 Å². The molecule has 1 unspecified atom stereocenters. The summed E-state index contributed by atoms with van der Waals surface area (Å²) in [6, 6.07) is 7.13. The van der Waals surface area contributed by atoms with Crippen molar-refractivity contribution in [2.75, 3.05) is 12.9 Å². The van der Waals surface area contributed by atoms with E-state index in [1.807, 2.05) is 0 Å². The average molecular weight is 230 g/mol. The summed E-state index contributed by atoms with van der Waals surface area (Å²) in [5.41, 5.74) is 0.826. The SMILES string of the molecule is COc1cccc(C(C)CS(=O)(=O)O)c1. The van der Waals surface area contributed by atoms with E-state index in [4.69, 9.17) is 9.29 Å². The third-order valence-corrected chi connectivity index (χ3v) is 3.04. The zero-order chi connectivity index (χ0) is 11.5. The first-order valence-electron chi connectivity index (χ1n) is 4.51. The molecule has 0 amide bonds. The first-order chi connectivity index (χ1) is 6.92. The van der Waals surface area contributed by atoms with E-state index < -0.39 is 10.1 Å². The van der Waals surface area contributed by atoms with Crippen LogP contribution in [0.5, 0.6) is 5.75 Å². The van der Waals surface area contributed by atoms with Gasteiger partial charge >= 0.3 is 0 Å². The summed E-state index contributed by atoms with van der Waals surface area (Å²) in [6.07, 6.45) is 0. The summed E-state index contributed by atoms with van der Waals surface area (Å²) >= 11 is 0. The minimum absolute atomic E-state index is 0.255. The van der Waals surface area contributed by atoms with Crippen LogP contribution in [0.15, 0.2) is 24.3 Å². The molecule has 0 aliphatic carbocycles. The largest absolute Gasteiger partial charge is 0.497 e. The van der Waals surface area contributed by atoms with Gasteiger partial charge in [0, 0.05) is 0 Å². The van der Waals surface area contributed by atoms with E-state index in [-0.39, 0.29) is 11.7 Å². The average Bonchev–Trinajstić information content (AvgIpc) is 2.15. The van der Waals surface area contributed by atoms with Gasteiger partial charge in [-0.25, -0.2) is 0 Å². The zero-order valence-corrected chi connectivity index (χ0v) is 9.49. The number of hydrogen-bond acceptors (Lipinski definition) is 3. The molecule has 1 N–H and O–H groups in total. The molecule has 0 aliphatic rings. The summed E-state index contributed by atoms with van der Waals surface area (Å²) < 4.78 is 35.1. The third kappa shape index (κ3) is 3.89. The number of rotatable bonds is 4. The Morgan fingerprint density at radius 2 is 2.13 bits per heavy atom. The second-order valence-corrected chi connectivity index (χ2v) is 4.92. The maximum absolute atomic E-state index is 10.7. The Labute approximate surface area is 89.6 Å². The molecule has 1 rings (SSSR count). The highest BCUT2D eigenvalue weighted by Crippen LogP contribution is 2.21. The molecule has 5 heteroatoms. The highest BCUT2D eigenvalue weighted by molar-refractivity contribution is 7.85. The first-order valence-corrected chi connectivity index (χ1v) is 6.12. The highest BCUT2D eigenvalue weighted by atomic mass is 32.2. The molecule has 0 radical (unpaired) electrons. The molecule has 0 spiro atoms. The van der Waals surface area contributed by atoms with Crippen molar-refractivity contribution in [3.8, 4) is 5.75 Å². The van der Waals surface area contributed by atoms with E-state index >= 15 is 0 Å². The fourth-order valence-corrected chi connectivity index (χ4v) is 2.18. The quantitative estimate of drug-likeness (QED) is 0.799. The topological polar surface area (TPSA) is 63.6 Å². The molecule has 0 saturated carbocycles. The molecule has 0 fully saturated rings. The molecule has 0 aromatic heterocycles. The summed E-state index contributed by atoms with van der Waals surface area (Å²) in [5.74, 6) is 0.143. The Kier molecular flexibility index (Phi) is 3.71. The Morgan fingerprint density at radius 1 is 1.47 bits per heavy atom. The van der Waals surface area contributed by atoms with Gasteiger partial charge in [-0.05, 0) is 23.6 Å². The summed E-state index contributed by atoms with van der Waals surface area (Å²) in [7, 11) is -2.38. The van der Waals surface area contributed by atoms with E-state index in [9.17, 15) is 8.42 Å². The lowest BCUT2D eigenvalue weighted by atomic mass is 10.0. The lowest BCUT2D eigenvalue weighted by Crippen LogP contribution is -2.11. The van der Waals surface area contributed by atoms with Gasteiger partial charge < -0.3 is 4.74 Å². The molecule has 15 heavy (non-hydrogen) atoms. The molecule has 4 nitrogen and oxygen atoms in total. The van der Waals surface area contributed by atoms with Crippen LogP contribution in [0.4, 0.5) is 0 Å². The van der Waals surface area contributed by atoms with Crippen molar-refractivity contribution in [1.29, 1.82) is 0 Å². The van der Waals surface area contributed by atoms with Crippen molar-refractivity contribution in [3.63, 3.8) is 0 Å². The second kappa shape index (κ2) is 4.63.